The Morgan fingerprint density at radius 1 is 0.500 bits per heavy atom. The quantitative estimate of drug-likeness (QED) is 0.270. The van der Waals surface area contributed by atoms with Crippen LogP contribution >= 0.6 is 0 Å². The van der Waals surface area contributed by atoms with Crippen LogP contribution in [0.2, 0.25) is 0 Å². The van der Waals surface area contributed by atoms with E-state index >= 15 is 0 Å². The van der Waals surface area contributed by atoms with Crippen LogP contribution in [0.4, 0.5) is 0 Å². The molecule has 1 atom stereocenters. The van der Waals surface area contributed by atoms with Gasteiger partial charge in [0, 0.05) is 5.92 Å². The van der Waals surface area contributed by atoms with E-state index in [4.69, 9.17) is 0 Å². The highest BCUT2D eigenvalue weighted by Gasteiger charge is 2.24. The van der Waals surface area contributed by atoms with Crippen molar-refractivity contribution in [2.75, 3.05) is 0 Å². The van der Waals surface area contributed by atoms with Gasteiger partial charge in [0.15, 0.2) is 0 Å². The van der Waals surface area contributed by atoms with Gasteiger partial charge in [-0.15, -0.1) is 0 Å². The molecule has 0 saturated carbocycles. The predicted molar refractivity (Wildman–Crippen MR) is 120 cm³/mol. The molecule has 0 fully saturated rings. The van der Waals surface area contributed by atoms with Crippen LogP contribution in [0.1, 0.15) is 35.4 Å². The lowest BCUT2D eigenvalue weighted by Crippen LogP contribution is -2.12. The van der Waals surface area contributed by atoms with Crippen molar-refractivity contribution < 1.29 is 0 Å². The summed E-state index contributed by atoms with van der Waals surface area (Å²) in [6, 6.07) is 33.8. The average Bonchev–Trinajstić information content (AvgIpc) is 2.78. The lowest BCUT2D eigenvalue weighted by atomic mass is 9.76. The summed E-state index contributed by atoms with van der Waals surface area (Å²) >= 11 is 0. The van der Waals surface area contributed by atoms with Crippen LogP contribution in [0.15, 0.2) is 91.0 Å². The minimum atomic E-state index is 0.491. The van der Waals surface area contributed by atoms with Gasteiger partial charge in [-0.05, 0) is 68.3 Å². The highest BCUT2D eigenvalue weighted by atomic mass is 14.3. The second kappa shape index (κ2) is 6.21. The molecule has 0 N–H and O–H groups in total. The van der Waals surface area contributed by atoms with Crippen molar-refractivity contribution in [3.63, 3.8) is 0 Å². The van der Waals surface area contributed by atoms with Gasteiger partial charge in [-0.1, -0.05) is 91.0 Å². The molecule has 1 unspecified atom stereocenters. The monoisotopic (exact) mass is 358 g/mol. The van der Waals surface area contributed by atoms with Gasteiger partial charge in [0.2, 0.25) is 0 Å². The Balaban J connectivity index is 1.61. The molecule has 0 bridgehead atoms. The van der Waals surface area contributed by atoms with Crippen LogP contribution < -0.4 is 0 Å². The second-order valence-electron chi connectivity index (χ2n) is 8.03. The van der Waals surface area contributed by atoms with Crippen molar-refractivity contribution in [2.24, 2.45) is 0 Å². The largest absolute Gasteiger partial charge is 0.0616 e. The third-order valence-electron chi connectivity index (χ3n) is 6.57. The summed E-state index contributed by atoms with van der Waals surface area (Å²) in [5, 5.41) is 8.29. The van der Waals surface area contributed by atoms with E-state index in [1.165, 1.54) is 62.7 Å². The summed E-state index contributed by atoms with van der Waals surface area (Å²) in [7, 11) is 0. The van der Waals surface area contributed by atoms with Crippen molar-refractivity contribution in [1.82, 2.24) is 0 Å². The molecule has 0 heteroatoms. The van der Waals surface area contributed by atoms with E-state index in [0.29, 0.717) is 5.92 Å². The maximum Gasteiger partial charge on any atom is 0.00985 e. The number of hydrogen-bond donors (Lipinski definition) is 0. The fourth-order valence-corrected chi connectivity index (χ4v) is 5.29. The standard InChI is InChI=1S/C28H22/c1-3-10-21-19(7-1)9-5-12-23(21)24-13-6-14-25-27-16-15-20-8-2-4-11-22(20)26(27)17-18-28(24)25/h1-5,7-12,15-18,24H,6,13-14H2. The maximum atomic E-state index is 2.41. The van der Waals surface area contributed by atoms with E-state index < -0.39 is 0 Å². The van der Waals surface area contributed by atoms with Crippen LogP contribution in [0.5, 0.6) is 0 Å². The predicted octanol–water partition coefficient (Wildman–Crippen LogP) is 7.61. The normalized spacial score (nSPS) is 16.5. The first-order valence-electron chi connectivity index (χ1n) is 10.3. The summed E-state index contributed by atoms with van der Waals surface area (Å²) in [5.41, 5.74) is 4.58. The fourth-order valence-electron chi connectivity index (χ4n) is 5.29. The summed E-state index contributed by atoms with van der Waals surface area (Å²) in [6.07, 6.45) is 3.68. The van der Waals surface area contributed by atoms with Gasteiger partial charge in [0.05, 0.1) is 0 Å². The molecule has 0 amide bonds. The van der Waals surface area contributed by atoms with Gasteiger partial charge in [-0.3, -0.25) is 0 Å². The average molecular weight is 358 g/mol. The first kappa shape index (κ1) is 15.9. The van der Waals surface area contributed by atoms with Gasteiger partial charge < -0.3 is 0 Å². The van der Waals surface area contributed by atoms with Crippen LogP contribution in [-0.4, -0.2) is 0 Å². The van der Waals surface area contributed by atoms with E-state index in [1.54, 1.807) is 5.56 Å². The molecule has 0 aromatic heterocycles. The molecule has 134 valence electrons. The van der Waals surface area contributed by atoms with Crippen LogP contribution in [0.25, 0.3) is 32.3 Å². The Bertz CT molecular complexity index is 1340. The van der Waals surface area contributed by atoms with Gasteiger partial charge in [-0.2, -0.15) is 0 Å². The van der Waals surface area contributed by atoms with Crippen LogP contribution in [0.3, 0.4) is 0 Å². The number of hydrogen-bond acceptors (Lipinski definition) is 0. The van der Waals surface area contributed by atoms with E-state index in [1.807, 2.05) is 0 Å². The molecule has 6 rings (SSSR count). The SMILES string of the molecule is c1ccc2c(C3CCCc4c3ccc3c4ccc4ccccc43)cccc2c1. The van der Waals surface area contributed by atoms with E-state index in [-0.39, 0.29) is 0 Å². The van der Waals surface area contributed by atoms with Gasteiger partial charge in [-0.25, -0.2) is 0 Å². The topological polar surface area (TPSA) is 0 Å². The van der Waals surface area contributed by atoms with Crippen molar-refractivity contribution in [2.45, 2.75) is 25.2 Å². The van der Waals surface area contributed by atoms with Gasteiger partial charge in [0.1, 0.15) is 0 Å². The van der Waals surface area contributed by atoms with Gasteiger partial charge >= 0.3 is 0 Å². The second-order valence-corrected chi connectivity index (χ2v) is 8.03. The molecule has 5 aromatic rings. The Kier molecular flexibility index (Phi) is 3.52. The molecule has 0 radical (unpaired) electrons. The zero-order valence-electron chi connectivity index (χ0n) is 15.9. The molecule has 1 aliphatic rings. The zero-order chi connectivity index (χ0) is 18.5. The molecule has 0 nitrogen and oxygen atoms in total. The summed E-state index contributed by atoms with van der Waals surface area (Å²) in [5.74, 6) is 0.491. The first-order valence-corrected chi connectivity index (χ1v) is 10.3. The Hall–Kier alpha value is -3.12. The lowest BCUT2D eigenvalue weighted by molar-refractivity contribution is 0.622. The number of rotatable bonds is 1. The van der Waals surface area contributed by atoms with E-state index in [0.717, 1.165) is 0 Å². The molecule has 0 heterocycles. The summed E-state index contributed by atoms with van der Waals surface area (Å²) in [6.45, 7) is 0. The number of aryl methyl sites for hydroxylation is 1. The lowest BCUT2D eigenvalue weighted by Gasteiger charge is -2.28. The molecular formula is C28H22. The maximum absolute atomic E-state index is 2.41. The highest BCUT2D eigenvalue weighted by molar-refractivity contribution is 6.08. The fraction of sp³-hybridized carbons (Fsp3) is 0.143. The molecule has 0 saturated heterocycles. The first-order chi connectivity index (χ1) is 13.9. The smallest absolute Gasteiger partial charge is 0.00985 e. The highest BCUT2D eigenvalue weighted by Crippen LogP contribution is 2.42. The van der Waals surface area contributed by atoms with Gasteiger partial charge in [0.25, 0.3) is 0 Å². The molecule has 0 spiro atoms. The molecule has 5 aromatic carbocycles. The molecular weight excluding hydrogens is 336 g/mol. The molecule has 1 aliphatic carbocycles. The van der Waals surface area contributed by atoms with E-state index in [9.17, 15) is 0 Å². The summed E-state index contributed by atoms with van der Waals surface area (Å²) < 4.78 is 0. The summed E-state index contributed by atoms with van der Waals surface area (Å²) in [4.78, 5) is 0. The Morgan fingerprint density at radius 2 is 1.21 bits per heavy atom. The van der Waals surface area contributed by atoms with Crippen LogP contribution in [-0.2, 0) is 6.42 Å². The minimum Gasteiger partial charge on any atom is -0.0616 e. The van der Waals surface area contributed by atoms with Crippen molar-refractivity contribution in [1.29, 1.82) is 0 Å². The van der Waals surface area contributed by atoms with Crippen molar-refractivity contribution in [3.8, 4) is 0 Å². The Labute approximate surface area is 165 Å². The third kappa shape index (κ3) is 2.31. The Morgan fingerprint density at radius 3 is 2.11 bits per heavy atom. The third-order valence-corrected chi connectivity index (χ3v) is 6.57. The van der Waals surface area contributed by atoms with Crippen LogP contribution in [0, 0.1) is 0 Å². The number of benzene rings is 5. The molecule has 28 heavy (non-hydrogen) atoms. The van der Waals surface area contributed by atoms with Crippen molar-refractivity contribution in [3.05, 3.63) is 108 Å². The van der Waals surface area contributed by atoms with Crippen molar-refractivity contribution >= 4 is 32.3 Å². The number of fused-ring (bicyclic) bond motifs is 6. The zero-order valence-corrected chi connectivity index (χ0v) is 15.9. The molecule has 0 aliphatic heterocycles. The van der Waals surface area contributed by atoms with E-state index in [2.05, 4.69) is 91.0 Å². The minimum absolute atomic E-state index is 0.491.